The number of ether oxygens (including phenoxy) is 1. The number of benzene rings is 1. The molecule has 1 aliphatic rings. The molecule has 2 heterocycles. The molecule has 1 unspecified atom stereocenters. The van der Waals surface area contributed by atoms with Crippen molar-refractivity contribution in [3.63, 3.8) is 0 Å². The van der Waals surface area contributed by atoms with Crippen molar-refractivity contribution in [3.8, 4) is 0 Å². The molecule has 1 aromatic heterocycles. The van der Waals surface area contributed by atoms with Gasteiger partial charge in [-0.2, -0.15) is 0 Å². The summed E-state index contributed by atoms with van der Waals surface area (Å²) in [6.07, 6.45) is 0. The Kier molecular flexibility index (Phi) is 4.02. The number of nitrogens with one attached hydrogen (secondary N) is 3. The van der Waals surface area contributed by atoms with Gasteiger partial charge in [0.25, 0.3) is 5.56 Å². The highest BCUT2D eigenvalue weighted by molar-refractivity contribution is 6.30. The second-order valence-electron chi connectivity index (χ2n) is 5.34. The number of carbonyl (C=O) groups is 1. The van der Waals surface area contributed by atoms with Gasteiger partial charge in [0.1, 0.15) is 5.82 Å². The molecular weight excluding hydrogens is 334 g/mol. The predicted octanol–water partition coefficient (Wildman–Crippen LogP) is 1.72. The van der Waals surface area contributed by atoms with E-state index in [0.717, 1.165) is 0 Å². The molecule has 1 atom stereocenters. The molecule has 124 valence electrons. The number of anilines is 1. The molecule has 0 spiro atoms. The van der Waals surface area contributed by atoms with E-state index >= 15 is 0 Å². The SMILES string of the molecule is COC(=O)C1=C(C)Nc2[nH]c(=O)[nH]c(=O)c2C1c1ccc(Cl)cc1. The van der Waals surface area contributed by atoms with Crippen LogP contribution < -0.4 is 16.6 Å². The first kappa shape index (κ1) is 16.1. The van der Waals surface area contributed by atoms with Crippen molar-refractivity contribution in [1.82, 2.24) is 9.97 Å². The Morgan fingerprint density at radius 3 is 2.46 bits per heavy atom. The summed E-state index contributed by atoms with van der Waals surface area (Å²) < 4.78 is 4.87. The van der Waals surface area contributed by atoms with Gasteiger partial charge in [-0.05, 0) is 24.6 Å². The number of methoxy groups -OCH3 is 1. The third-order valence-corrected chi connectivity index (χ3v) is 4.13. The lowest BCUT2D eigenvalue weighted by molar-refractivity contribution is -0.136. The van der Waals surface area contributed by atoms with Gasteiger partial charge in [0, 0.05) is 10.7 Å². The van der Waals surface area contributed by atoms with Crippen LogP contribution in [0.25, 0.3) is 0 Å². The van der Waals surface area contributed by atoms with Crippen molar-refractivity contribution in [2.75, 3.05) is 12.4 Å². The van der Waals surface area contributed by atoms with E-state index in [1.165, 1.54) is 7.11 Å². The van der Waals surface area contributed by atoms with Crippen molar-refractivity contribution in [2.45, 2.75) is 12.8 Å². The average molecular weight is 348 g/mol. The van der Waals surface area contributed by atoms with Gasteiger partial charge in [0.2, 0.25) is 0 Å². The first-order valence-electron chi connectivity index (χ1n) is 7.10. The lowest BCUT2D eigenvalue weighted by atomic mass is 9.82. The number of carbonyl (C=O) groups excluding carboxylic acids is 1. The highest BCUT2D eigenvalue weighted by atomic mass is 35.5. The number of rotatable bonds is 2. The maximum atomic E-state index is 12.4. The third-order valence-electron chi connectivity index (χ3n) is 3.88. The summed E-state index contributed by atoms with van der Waals surface area (Å²) in [7, 11) is 1.27. The Labute approximate surface area is 141 Å². The number of hydrogen-bond donors (Lipinski definition) is 3. The van der Waals surface area contributed by atoms with E-state index in [0.29, 0.717) is 21.9 Å². The molecule has 1 aliphatic heterocycles. The fourth-order valence-electron chi connectivity index (χ4n) is 2.86. The molecule has 3 N–H and O–H groups in total. The highest BCUT2D eigenvalue weighted by Crippen LogP contribution is 2.39. The number of aromatic amines is 2. The highest BCUT2D eigenvalue weighted by Gasteiger charge is 2.35. The van der Waals surface area contributed by atoms with Crippen molar-refractivity contribution in [3.05, 3.63) is 72.5 Å². The molecular formula is C16H14ClN3O4. The van der Waals surface area contributed by atoms with E-state index in [9.17, 15) is 14.4 Å². The molecule has 8 heteroatoms. The average Bonchev–Trinajstić information content (AvgIpc) is 2.53. The van der Waals surface area contributed by atoms with Gasteiger partial charge < -0.3 is 10.1 Å². The summed E-state index contributed by atoms with van der Waals surface area (Å²) >= 11 is 5.93. The van der Waals surface area contributed by atoms with Gasteiger partial charge in [-0.1, -0.05) is 23.7 Å². The maximum absolute atomic E-state index is 12.4. The summed E-state index contributed by atoms with van der Waals surface area (Å²) in [5.41, 5.74) is 0.508. The van der Waals surface area contributed by atoms with Crippen LogP contribution in [0, 0.1) is 0 Å². The Bertz CT molecular complexity index is 957. The van der Waals surface area contributed by atoms with Crippen molar-refractivity contribution < 1.29 is 9.53 Å². The first-order valence-corrected chi connectivity index (χ1v) is 7.48. The number of aromatic nitrogens is 2. The molecule has 0 saturated carbocycles. The molecule has 0 fully saturated rings. The van der Waals surface area contributed by atoms with Crippen LogP contribution in [0.15, 0.2) is 45.1 Å². The molecule has 0 bridgehead atoms. The lowest BCUT2D eigenvalue weighted by Gasteiger charge is -2.28. The number of halogens is 1. The quantitative estimate of drug-likeness (QED) is 0.718. The van der Waals surface area contributed by atoms with Crippen molar-refractivity contribution in [2.24, 2.45) is 0 Å². The van der Waals surface area contributed by atoms with Gasteiger partial charge in [0.15, 0.2) is 0 Å². The molecule has 0 radical (unpaired) electrons. The smallest absolute Gasteiger partial charge is 0.336 e. The van der Waals surface area contributed by atoms with Gasteiger partial charge in [-0.15, -0.1) is 0 Å². The predicted molar refractivity (Wildman–Crippen MR) is 89.3 cm³/mol. The molecule has 1 aromatic carbocycles. The monoisotopic (exact) mass is 347 g/mol. The van der Waals surface area contributed by atoms with Crippen LogP contribution in [0.5, 0.6) is 0 Å². The standard InChI is InChI=1S/C16H14ClN3O4/c1-7-10(15(22)24-2)11(8-3-5-9(17)6-4-8)12-13(18-7)19-16(23)20-14(12)21/h3-6,11H,1-2H3,(H3,18,19,20,21,23). The van der Waals surface area contributed by atoms with E-state index in [-0.39, 0.29) is 11.4 Å². The summed E-state index contributed by atoms with van der Waals surface area (Å²) in [5, 5.41) is 3.43. The molecule has 3 rings (SSSR count). The third kappa shape index (κ3) is 2.63. The Morgan fingerprint density at radius 2 is 1.83 bits per heavy atom. The normalized spacial score (nSPS) is 16.4. The van der Waals surface area contributed by atoms with E-state index in [4.69, 9.17) is 16.3 Å². The number of fused-ring (bicyclic) bond motifs is 1. The van der Waals surface area contributed by atoms with Crippen molar-refractivity contribution in [1.29, 1.82) is 0 Å². The Morgan fingerprint density at radius 1 is 1.17 bits per heavy atom. The van der Waals surface area contributed by atoms with Crippen molar-refractivity contribution >= 4 is 23.4 Å². The van der Waals surface area contributed by atoms with Crippen LogP contribution in [0.1, 0.15) is 24.0 Å². The minimum absolute atomic E-state index is 0.239. The van der Waals surface area contributed by atoms with Gasteiger partial charge >= 0.3 is 11.7 Å². The number of hydrogen-bond acceptors (Lipinski definition) is 5. The van der Waals surface area contributed by atoms with Gasteiger partial charge in [0.05, 0.1) is 24.2 Å². The lowest BCUT2D eigenvalue weighted by Crippen LogP contribution is -2.34. The second kappa shape index (κ2) is 6.01. The van der Waals surface area contributed by atoms with E-state index in [1.807, 2.05) is 0 Å². The van der Waals surface area contributed by atoms with Crippen LogP contribution >= 0.6 is 11.6 Å². The van der Waals surface area contributed by atoms with E-state index in [1.54, 1.807) is 31.2 Å². The second-order valence-corrected chi connectivity index (χ2v) is 5.77. The molecule has 7 nitrogen and oxygen atoms in total. The van der Waals surface area contributed by atoms with Crippen LogP contribution in [-0.4, -0.2) is 23.0 Å². The van der Waals surface area contributed by atoms with Gasteiger partial charge in [-0.3, -0.25) is 14.8 Å². The largest absolute Gasteiger partial charge is 0.466 e. The fourth-order valence-corrected chi connectivity index (χ4v) is 2.98. The Balaban J connectivity index is 2.31. The first-order chi connectivity index (χ1) is 11.4. The van der Waals surface area contributed by atoms with Crippen LogP contribution in [0.3, 0.4) is 0 Å². The maximum Gasteiger partial charge on any atom is 0.336 e. The number of esters is 1. The zero-order chi connectivity index (χ0) is 17.4. The summed E-state index contributed by atoms with van der Waals surface area (Å²) in [4.78, 5) is 41.0. The molecule has 2 aromatic rings. The van der Waals surface area contributed by atoms with Crippen LogP contribution in [0.2, 0.25) is 5.02 Å². The zero-order valence-electron chi connectivity index (χ0n) is 12.9. The molecule has 24 heavy (non-hydrogen) atoms. The van der Waals surface area contributed by atoms with Crippen LogP contribution in [-0.2, 0) is 9.53 Å². The fraction of sp³-hybridized carbons (Fsp3) is 0.188. The Hall–Kier alpha value is -2.80. The number of allylic oxidation sites excluding steroid dienone is 1. The van der Waals surface area contributed by atoms with E-state index in [2.05, 4.69) is 15.3 Å². The molecule has 0 aliphatic carbocycles. The number of H-pyrrole nitrogens is 2. The van der Waals surface area contributed by atoms with Crippen LogP contribution in [0.4, 0.5) is 5.82 Å². The zero-order valence-corrected chi connectivity index (χ0v) is 13.7. The summed E-state index contributed by atoms with van der Waals surface area (Å²) in [6.45, 7) is 1.68. The summed E-state index contributed by atoms with van der Waals surface area (Å²) in [6, 6.07) is 6.79. The van der Waals surface area contributed by atoms with E-state index < -0.39 is 23.1 Å². The molecule has 0 amide bonds. The van der Waals surface area contributed by atoms with Gasteiger partial charge in [-0.25, -0.2) is 9.59 Å². The minimum atomic E-state index is -0.688. The molecule has 0 saturated heterocycles. The summed E-state index contributed by atoms with van der Waals surface area (Å²) in [5.74, 6) is -0.989. The minimum Gasteiger partial charge on any atom is -0.466 e. The topological polar surface area (TPSA) is 104 Å².